The minimum atomic E-state index is -0.235. The van der Waals surface area contributed by atoms with Crippen LogP contribution in [0.1, 0.15) is 17.0 Å². The van der Waals surface area contributed by atoms with Crippen LogP contribution in [0.25, 0.3) is 5.69 Å². The SMILES string of the molecule is Cc1nn(-c2cccc(F)c2CCN)c(C)c1Br. The van der Waals surface area contributed by atoms with Crippen LogP contribution in [0, 0.1) is 19.7 Å². The largest absolute Gasteiger partial charge is 0.330 e. The van der Waals surface area contributed by atoms with Crippen molar-refractivity contribution in [3.05, 3.63) is 45.4 Å². The Kier molecular flexibility index (Phi) is 3.82. The maximum Gasteiger partial charge on any atom is 0.128 e. The highest BCUT2D eigenvalue weighted by Crippen LogP contribution is 2.25. The molecule has 1 aromatic heterocycles. The van der Waals surface area contributed by atoms with Crippen molar-refractivity contribution in [1.29, 1.82) is 0 Å². The summed E-state index contributed by atoms with van der Waals surface area (Å²) in [5, 5.41) is 4.43. The van der Waals surface area contributed by atoms with Crippen molar-refractivity contribution in [1.82, 2.24) is 9.78 Å². The Morgan fingerprint density at radius 1 is 1.39 bits per heavy atom. The van der Waals surface area contributed by atoms with Crippen molar-refractivity contribution in [2.45, 2.75) is 20.3 Å². The monoisotopic (exact) mass is 311 g/mol. The van der Waals surface area contributed by atoms with E-state index < -0.39 is 0 Å². The fourth-order valence-electron chi connectivity index (χ4n) is 2.00. The first-order valence-electron chi connectivity index (χ1n) is 5.75. The van der Waals surface area contributed by atoms with Gasteiger partial charge < -0.3 is 5.73 Å². The van der Waals surface area contributed by atoms with Crippen molar-refractivity contribution in [2.24, 2.45) is 5.73 Å². The van der Waals surface area contributed by atoms with Crippen molar-refractivity contribution in [2.75, 3.05) is 6.54 Å². The van der Waals surface area contributed by atoms with E-state index in [1.807, 2.05) is 19.9 Å². The standard InChI is InChI=1S/C13H15BrFN3/c1-8-13(14)9(2)18(17-8)12-5-3-4-11(15)10(12)6-7-16/h3-5H,6-7,16H2,1-2H3. The number of hydrogen-bond acceptors (Lipinski definition) is 2. The molecule has 2 N–H and O–H groups in total. The number of aromatic nitrogens is 2. The quantitative estimate of drug-likeness (QED) is 0.947. The number of halogens is 2. The Bertz CT molecular complexity index is 578. The highest BCUT2D eigenvalue weighted by molar-refractivity contribution is 9.10. The lowest BCUT2D eigenvalue weighted by Gasteiger charge is -2.11. The van der Waals surface area contributed by atoms with E-state index in [2.05, 4.69) is 21.0 Å². The lowest BCUT2D eigenvalue weighted by molar-refractivity contribution is 0.605. The van der Waals surface area contributed by atoms with Crippen LogP contribution in [0.4, 0.5) is 4.39 Å². The molecule has 2 aromatic rings. The van der Waals surface area contributed by atoms with Gasteiger partial charge in [0.25, 0.3) is 0 Å². The number of nitrogens with two attached hydrogens (primary N) is 1. The summed E-state index contributed by atoms with van der Waals surface area (Å²) in [5.41, 5.74) is 8.75. The van der Waals surface area contributed by atoms with Crippen LogP contribution in [0.2, 0.25) is 0 Å². The summed E-state index contributed by atoms with van der Waals surface area (Å²) in [4.78, 5) is 0. The number of benzene rings is 1. The highest BCUT2D eigenvalue weighted by atomic mass is 79.9. The second kappa shape index (κ2) is 5.20. The minimum Gasteiger partial charge on any atom is -0.330 e. The second-order valence-corrected chi connectivity index (χ2v) is 4.97. The van der Waals surface area contributed by atoms with E-state index in [0.29, 0.717) is 18.5 Å². The topological polar surface area (TPSA) is 43.8 Å². The predicted octanol–water partition coefficient (Wildman–Crippen LogP) is 2.89. The maximum absolute atomic E-state index is 13.9. The van der Waals surface area contributed by atoms with Crippen LogP contribution >= 0.6 is 15.9 Å². The lowest BCUT2D eigenvalue weighted by atomic mass is 10.1. The fraction of sp³-hybridized carbons (Fsp3) is 0.308. The molecule has 5 heteroatoms. The predicted molar refractivity (Wildman–Crippen MR) is 73.5 cm³/mol. The van der Waals surface area contributed by atoms with Gasteiger partial charge >= 0.3 is 0 Å². The average molecular weight is 312 g/mol. The molecule has 0 atom stereocenters. The van der Waals surface area contributed by atoms with E-state index in [1.165, 1.54) is 6.07 Å². The third-order valence-corrected chi connectivity index (χ3v) is 4.07. The molecular weight excluding hydrogens is 297 g/mol. The number of aryl methyl sites for hydroxylation is 1. The lowest BCUT2D eigenvalue weighted by Crippen LogP contribution is -2.10. The van der Waals surface area contributed by atoms with Gasteiger partial charge in [-0.25, -0.2) is 9.07 Å². The van der Waals surface area contributed by atoms with E-state index in [0.717, 1.165) is 21.5 Å². The Hall–Kier alpha value is -1.20. The molecule has 0 aliphatic carbocycles. The van der Waals surface area contributed by atoms with Gasteiger partial charge in [0.1, 0.15) is 5.82 Å². The van der Waals surface area contributed by atoms with Gasteiger partial charge in [-0.1, -0.05) is 6.07 Å². The first kappa shape index (κ1) is 13.2. The van der Waals surface area contributed by atoms with Gasteiger partial charge in [0, 0.05) is 5.56 Å². The van der Waals surface area contributed by atoms with Crippen molar-refractivity contribution in [3.63, 3.8) is 0 Å². The molecule has 2 rings (SSSR count). The van der Waals surface area contributed by atoms with Gasteiger partial charge in [0.2, 0.25) is 0 Å². The summed E-state index contributed by atoms with van der Waals surface area (Å²) < 4.78 is 16.6. The molecule has 1 heterocycles. The van der Waals surface area contributed by atoms with Gasteiger partial charge in [-0.15, -0.1) is 0 Å². The molecule has 0 aliphatic rings. The third-order valence-electron chi connectivity index (χ3n) is 2.92. The third kappa shape index (κ3) is 2.20. The maximum atomic E-state index is 13.9. The summed E-state index contributed by atoms with van der Waals surface area (Å²) in [7, 11) is 0. The zero-order valence-electron chi connectivity index (χ0n) is 10.4. The molecule has 0 saturated carbocycles. The van der Waals surface area contributed by atoms with Crippen LogP contribution in [0.15, 0.2) is 22.7 Å². The first-order chi connectivity index (χ1) is 8.56. The van der Waals surface area contributed by atoms with E-state index in [4.69, 9.17) is 5.73 Å². The zero-order chi connectivity index (χ0) is 13.3. The second-order valence-electron chi connectivity index (χ2n) is 4.17. The molecule has 3 nitrogen and oxygen atoms in total. The molecule has 0 saturated heterocycles. The van der Waals surface area contributed by atoms with E-state index >= 15 is 0 Å². The average Bonchev–Trinajstić information content (AvgIpc) is 2.60. The molecule has 1 aromatic carbocycles. The molecular formula is C13H15BrFN3. The summed E-state index contributed by atoms with van der Waals surface area (Å²) in [6, 6.07) is 5.00. The number of hydrogen-bond donors (Lipinski definition) is 1. The van der Waals surface area contributed by atoms with E-state index in [9.17, 15) is 4.39 Å². The Balaban J connectivity index is 2.63. The Labute approximate surface area is 114 Å². The smallest absolute Gasteiger partial charge is 0.128 e. The molecule has 0 bridgehead atoms. The van der Waals surface area contributed by atoms with E-state index in [-0.39, 0.29) is 5.82 Å². The van der Waals surface area contributed by atoms with Crippen LogP contribution in [-0.4, -0.2) is 16.3 Å². The molecule has 0 spiro atoms. The highest BCUT2D eigenvalue weighted by Gasteiger charge is 2.15. The first-order valence-corrected chi connectivity index (χ1v) is 6.55. The molecule has 0 fully saturated rings. The van der Waals surface area contributed by atoms with Gasteiger partial charge in [0.15, 0.2) is 0 Å². The summed E-state index contributed by atoms with van der Waals surface area (Å²) >= 11 is 3.48. The molecule has 0 amide bonds. The Morgan fingerprint density at radius 2 is 2.11 bits per heavy atom. The molecule has 0 radical (unpaired) electrons. The fourth-order valence-corrected chi connectivity index (χ4v) is 2.24. The van der Waals surface area contributed by atoms with Crippen LogP contribution in [0.3, 0.4) is 0 Å². The minimum absolute atomic E-state index is 0.235. The van der Waals surface area contributed by atoms with Gasteiger partial charge in [0.05, 0.1) is 21.5 Å². The normalized spacial score (nSPS) is 10.9. The summed E-state index contributed by atoms with van der Waals surface area (Å²) in [6.45, 7) is 4.27. The van der Waals surface area contributed by atoms with Crippen molar-refractivity contribution < 1.29 is 4.39 Å². The molecule has 18 heavy (non-hydrogen) atoms. The zero-order valence-corrected chi connectivity index (χ0v) is 12.0. The number of nitrogens with zero attached hydrogens (tertiary/aromatic N) is 2. The molecule has 0 aliphatic heterocycles. The summed E-state index contributed by atoms with van der Waals surface area (Å²) in [6.07, 6.45) is 0.498. The van der Waals surface area contributed by atoms with Crippen LogP contribution in [-0.2, 0) is 6.42 Å². The molecule has 0 unspecified atom stereocenters. The van der Waals surface area contributed by atoms with Crippen molar-refractivity contribution >= 4 is 15.9 Å². The number of rotatable bonds is 3. The van der Waals surface area contributed by atoms with Gasteiger partial charge in [-0.05, 0) is 54.9 Å². The van der Waals surface area contributed by atoms with Crippen molar-refractivity contribution in [3.8, 4) is 5.69 Å². The van der Waals surface area contributed by atoms with Crippen LogP contribution in [0.5, 0.6) is 0 Å². The van der Waals surface area contributed by atoms with Crippen LogP contribution < -0.4 is 5.73 Å². The van der Waals surface area contributed by atoms with Gasteiger partial charge in [-0.2, -0.15) is 5.10 Å². The van der Waals surface area contributed by atoms with Gasteiger partial charge in [-0.3, -0.25) is 0 Å². The Morgan fingerprint density at radius 3 is 2.67 bits per heavy atom. The summed E-state index contributed by atoms with van der Waals surface area (Å²) in [5.74, 6) is -0.235. The molecule has 96 valence electrons. The van der Waals surface area contributed by atoms with E-state index in [1.54, 1.807) is 10.7 Å².